The number of hydrogen-bond acceptors (Lipinski definition) is 3. The molecule has 5 rings (SSSR count). The fourth-order valence-electron chi connectivity index (χ4n) is 4.31. The zero-order chi connectivity index (χ0) is 22.8. The van der Waals surface area contributed by atoms with E-state index in [1.54, 1.807) is 23.4 Å². The van der Waals surface area contributed by atoms with Gasteiger partial charge in [0, 0.05) is 25.2 Å². The Balaban J connectivity index is 1.37. The van der Waals surface area contributed by atoms with Crippen molar-refractivity contribution in [2.24, 2.45) is 5.92 Å². The number of carbonyl (C=O) groups is 2. The van der Waals surface area contributed by atoms with E-state index < -0.39 is 12.0 Å². The van der Waals surface area contributed by atoms with Crippen molar-refractivity contribution < 1.29 is 14.0 Å². The normalized spacial score (nSPS) is 16.8. The number of aromatic nitrogens is 2. The number of para-hydroxylation sites is 3. The summed E-state index contributed by atoms with van der Waals surface area (Å²) in [5.41, 5.74) is 3.39. The van der Waals surface area contributed by atoms with Crippen LogP contribution in [0.2, 0.25) is 0 Å². The van der Waals surface area contributed by atoms with Crippen LogP contribution in [0.5, 0.6) is 0 Å². The molecule has 1 aliphatic rings. The Morgan fingerprint density at radius 2 is 1.76 bits per heavy atom. The third kappa shape index (κ3) is 4.35. The maximum Gasteiger partial charge on any atom is 0.227 e. The van der Waals surface area contributed by atoms with Crippen LogP contribution >= 0.6 is 0 Å². The van der Waals surface area contributed by atoms with E-state index in [0.717, 1.165) is 22.3 Å². The molecule has 0 radical (unpaired) electrons. The number of imidazole rings is 1. The predicted molar refractivity (Wildman–Crippen MR) is 124 cm³/mol. The molecule has 1 aromatic heterocycles. The second kappa shape index (κ2) is 8.86. The number of anilines is 1. The van der Waals surface area contributed by atoms with Gasteiger partial charge in [-0.05, 0) is 42.0 Å². The molecule has 0 spiro atoms. The van der Waals surface area contributed by atoms with Crippen LogP contribution in [0.4, 0.5) is 10.1 Å². The number of benzene rings is 3. The Hall–Kier alpha value is -4.00. The molecule has 6 nitrogen and oxygen atoms in total. The minimum Gasteiger partial charge on any atom is -0.347 e. The number of carbonyl (C=O) groups excluding carboxylic acids is 2. The monoisotopic (exact) mass is 442 g/mol. The molecule has 1 N–H and O–H groups in total. The highest BCUT2D eigenvalue weighted by molar-refractivity contribution is 6.00. The van der Waals surface area contributed by atoms with Crippen LogP contribution in [0.15, 0.2) is 85.2 Å². The average Bonchev–Trinajstić information content (AvgIpc) is 3.43. The number of hydrogen-bond donors (Lipinski definition) is 1. The number of amides is 2. The van der Waals surface area contributed by atoms with E-state index in [0.29, 0.717) is 13.1 Å². The van der Waals surface area contributed by atoms with Gasteiger partial charge >= 0.3 is 0 Å². The highest BCUT2D eigenvalue weighted by atomic mass is 19.1. The maximum absolute atomic E-state index is 13.5. The number of nitrogens with zero attached hydrogens (tertiary/aromatic N) is 3. The summed E-state index contributed by atoms with van der Waals surface area (Å²) in [6, 6.07) is 22.8. The summed E-state index contributed by atoms with van der Waals surface area (Å²) in [7, 11) is 0. The fraction of sp³-hybridized carbons (Fsp3) is 0.192. The molecule has 166 valence electrons. The molecule has 0 saturated carbocycles. The first-order valence-electron chi connectivity index (χ1n) is 10.9. The van der Waals surface area contributed by atoms with Gasteiger partial charge in [-0.3, -0.25) is 9.59 Å². The first kappa shape index (κ1) is 20.9. The predicted octanol–water partition coefficient (Wildman–Crippen LogP) is 4.09. The van der Waals surface area contributed by atoms with Gasteiger partial charge in [0.15, 0.2) is 0 Å². The van der Waals surface area contributed by atoms with Crippen molar-refractivity contribution in [2.75, 3.05) is 11.4 Å². The summed E-state index contributed by atoms with van der Waals surface area (Å²) >= 11 is 0. The van der Waals surface area contributed by atoms with Crippen molar-refractivity contribution in [1.29, 1.82) is 0 Å². The Kier molecular flexibility index (Phi) is 5.60. The lowest BCUT2D eigenvalue weighted by molar-refractivity contribution is -0.127. The molecule has 33 heavy (non-hydrogen) atoms. The van der Waals surface area contributed by atoms with Crippen molar-refractivity contribution in [2.45, 2.75) is 19.0 Å². The van der Waals surface area contributed by atoms with Gasteiger partial charge in [-0.1, -0.05) is 42.5 Å². The van der Waals surface area contributed by atoms with E-state index in [1.807, 2.05) is 59.2 Å². The van der Waals surface area contributed by atoms with Gasteiger partial charge in [0.05, 0.1) is 29.3 Å². The van der Waals surface area contributed by atoms with Gasteiger partial charge in [-0.25, -0.2) is 9.37 Å². The van der Waals surface area contributed by atoms with Crippen molar-refractivity contribution >= 4 is 28.5 Å². The van der Waals surface area contributed by atoms with Crippen LogP contribution in [0.3, 0.4) is 0 Å². The fourth-order valence-corrected chi connectivity index (χ4v) is 4.31. The molecule has 0 aliphatic carbocycles. The summed E-state index contributed by atoms with van der Waals surface area (Å²) in [5, 5.41) is 3.10. The quantitative estimate of drug-likeness (QED) is 0.489. The minimum atomic E-state index is -0.458. The van der Waals surface area contributed by atoms with Gasteiger partial charge in [-0.15, -0.1) is 0 Å². The van der Waals surface area contributed by atoms with E-state index in [1.165, 1.54) is 12.1 Å². The Bertz CT molecular complexity index is 1290. The van der Waals surface area contributed by atoms with Crippen LogP contribution in [-0.2, 0) is 16.1 Å². The van der Waals surface area contributed by atoms with Crippen molar-refractivity contribution in [3.63, 3.8) is 0 Å². The lowest BCUT2D eigenvalue weighted by Gasteiger charge is -2.22. The van der Waals surface area contributed by atoms with E-state index in [-0.39, 0.29) is 24.1 Å². The van der Waals surface area contributed by atoms with Gasteiger partial charge < -0.3 is 14.8 Å². The third-order valence-electron chi connectivity index (χ3n) is 6.06. The third-order valence-corrected chi connectivity index (χ3v) is 6.06. The van der Waals surface area contributed by atoms with Crippen LogP contribution in [0.1, 0.15) is 18.0 Å². The number of fused-ring (bicyclic) bond motifs is 1. The standard InChI is InChI=1S/C26H23FN4O2/c27-20-12-10-18(11-13-20)23(16-30-17-28-22-8-4-5-9-24(22)30)29-26(33)19-14-25(32)31(15-19)21-6-2-1-3-7-21/h1-13,17,19,23H,14-16H2,(H,29,33). The first-order chi connectivity index (χ1) is 16.1. The van der Waals surface area contributed by atoms with E-state index in [4.69, 9.17) is 0 Å². The molecule has 1 saturated heterocycles. The summed E-state index contributed by atoms with van der Waals surface area (Å²) in [5.74, 6) is -1.06. The number of halogens is 1. The highest BCUT2D eigenvalue weighted by Gasteiger charge is 2.36. The summed E-state index contributed by atoms with van der Waals surface area (Å²) < 4.78 is 15.5. The van der Waals surface area contributed by atoms with Gasteiger partial charge in [-0.2, -0.15) is 0 Å². The molecule has 2 unspecified atom stereocenters. The molecule has 2 heterocycles. The van der Waals surface area contributed by atoms with Gasteiger partial charge in [0.25, 0.3) is 0 Å². The summed E-state index contributed by atoms with van der Waals surface area (Å²) in [6.07, 6.45) is 1.90. The smallest absolute Gasteiger partial charge is 0.227 e. The Morgan fingerprint density at radius 1 is 1.03 bits per heavy atom. The number of nitrogens with one attached hydrogen (secondary N) is 1. The zero-order valence-corrected chi connectivity index (χ0v) is 17.9. The van der Waals surface area contributed by atoms with Gasteiger partial charge in [0.2, 0.25) is 11.8 Å². The molecule has 0 bridgehead atoms. The van der Waals surface area contributed by atoms with Crippen molar-refractivity contribution in [1.82, 2.24) is 14.9 Å². The minimum absolute atomic E-state index is 0.0692. The second-order valence-electron chi connectivity index (χ2n) is 8.24. The molecule has 2 amide bonds. The molecule has 3 aromatic carbocycles. The van der Waals surface area contributed by atoms with E-state index in [2.05, 4.69) is 10.3 Å². The van der Waals surface area contributed by atoms with Crippen molar-refractivity contribution in [3.05, 3.63) is 96.6 Å². The molecule has 2 atom stereocenters. The lowest BCUT2D eigenvalue weighted by Crippen LogP contribution is -2.37. The molecule has 1 aliphatic heterocycles. The maximum atomic E-state index is 13.5. The van der Waals surface area contributed by atoms with E-state index >= 15 is 0 Å². The lowest BCUT2D eigenvalue weighted by atomic mass is 10.0. The molecule has 1 fully saturated rings. The van der Waals surface area contributed by atoms with Crippen LogP contribution in [0, 0.1) is 11.7 Å². The summed E-state index contributed by atoms with van der Waals surface area (Å²) in [6.45, 7) is 0.764. The molecular formula is C26H23FN4O2. The first-order valence-corrected chi connectivity index (χ1v) is 10.9. The number of rotatable bonds is 6. The van der Waals surface area contributed by atoms with Crippen molar-refractivity contribution in [3.8, 4) is 0 Å². The Labute approximate surface area is 190 Å². The van der Waals surface area contributed by atoms with Crippen LogP contribution in [-0.4, -0.2) is 27.9 Å². The van der Waals surface area contributed by atoms with Crippen LogP contribution in [0.25, 0.3) is 11.0 Å². The van der Waals surface area contributed by atoms with Crippen LogP contribution < -0.4 is 10.2 Å². The molecule has 4 aromatic rings. The highest BCUT2D eigenvalue weighted by Crippen LogP contribution is 2.26. The van der Waals surface area contributed by atoms with E-state index in [9.17, 15) is 14.0 Å². The Morgan fingerprint density at radius 3 is 2.55 bits per heavy atom. The molecule has 7 heteroatoms. The average molecular weight is 442 g/mol. The van der Waals surface area contributed by atoms with Gasteiger partial charge in [0.1, 0.15) is 5.82 Å². The second-order valence-corrected chi connectivity index (χ2v) is 8.24. The SMILES string of the molecule is O=C(NC(Cn1cnc2ccccc21)c1ccc(F)cc1)C1CC(=O)N(c2ccccc2)C1. The largest absolute Gasteiger partial charge is 0.347 e. The zero-order valence-electron chi connectivity index (χ0n) is 17.9. The summed E-state index contributed by atoms with van der Waals surface area (Å²) in [4.78, 5) is 31.9. The molecular weight excluding hydrogens is 419 g/mol. The topological polar surface area (TPSA) is 67.2 Å².